The molecule has 164 valence electrons. The molecule has 0 saturated carbocycles. The van der Waals surface area contributed by atoms with Crippen molar-refractivity contribution in [2.24, 2.45) is 0 Å². The molecule has 31 heavy (non-hydrogen) atoms. The topological polar surface area (TPSA) is 79.8 Å². The predicted octanol–water partition coefficient (Wildman–Crippen LogP) is 3.95. The Morgan fingerprint density at radius 2 is 1.77 bits per heavy atom. The van der Waals surface area contributed by atoms with E-state index in [2.05, 4.69) is 28.9 Å². The molecule has 0 radical (unpaired) electrons. The van der Waals surface area contributed by atoms with Gasteiger partial charge in [-0.05, 0) is 43.7 Å². The summed E-state index contributed by atoms with van der Waals surface area (Å²) in [6.45, 7) is 7.38. The molecule has 4 rings (SSSR count). The summed E-state index contributed by atoms with van der Waals surface area (Å²) < 4.78 is 16.9. The van der Waals surface area contributed by atoms with Crippen molar-refractivity contribution in [2.45, 2.75) is 26.1 Å². The Labute approximate surface area is 182 Å². The van der Waals surface area contributed by atoms with E-state index in [1.807, 2.05) is 36.4 Å². The molecule has 1 aliphatic heterocycles. The van der Waals surface area contributed by atoms with Gasteiger partial charge in [-0.1, -0.05) is 12.1 Å². The summed E-state index contributed by atoms with van der Waals surface area (Å²) >= 11 is 0. The number of ether oxygens (including phenoxy) is 3. The van der Waals surface area contributed by atoms with Gasteiger partial charge >= 0.3 is 0 Å². The van der Waals surface area contributed by atoms with Gasteiger partial charge in [0.2, 0.25) is 0 Å². The quantitative estimate of drug-likeness (QED) is 0.599. The van der Waals surface area contributed by atoms with Gasteiger partial charge in [-0.2, -0.15) is 5.10 Å². The third-order valence-corrected chi connectivity index (χ3v) is 5.45. The summed E-state index contributed by atoms with van der Waals surface area (Å²) in [6.07, 6.45) is 2.23. The third kappa shape index (κ3) is 5.00. The fraction of sp³-hybridized carbons (Fsp3) is 0.375. The van der Waals surface area contributed by atoms with Crippen LogP contribution in [0.4, 0.5) is 0 Å². The molecular formula is C24H29N3O4. The Morgan fingerprint density at radius 1 is 1.06 bits per heavy atom. The van der Waals surface area contributed by atoms with Crippen LogP contribution in [-0.2, 0) is 4.74 Å². The molecule has 1 aliphatic rings. The van der Waals surface area contributed by atoms with E-state index in [4.69, 9.17) is 14.2 Å². The number of phenolic OH excluding ortho intramolecular Hbond substituents is 1. The largest absolute Gasteiger partial charge is 0.507 e. The minimum Gasteiger partial charge on any atom is -0.507 e. The van der Waals surface area contributed by atoms with Crippen LogP contribution < -0.4 is 9.47 Å². The van der Waals surface area contributed by atoms with Crippen molar-refractivity contribution in [1.29, 1.82) is 0 Å². The summed E-state index contributed by atoms with van der Waals surface area (Å²) in [6, 6.07) is 13.1. The molecule has 0 amide bonds. The van der Waals surface area contributed by atoms with E-state index in [1.165, 1.54) is 0 Å². The summed E-state index contributed by atoms with van der Waals surface area (Å²) in [7, 11) is 1.64. The Balaban J connectivity index is 1.43. The Kier molecular flexibility index (Phi) is 6.44. The monoisotopic (exact) mass is 423 g/mol. The molecule has 1 fully saturated rings. The average molecular weight is 424 g/mol. The minimum absolute atomic E-state index is 0.144. The van der Waals surface area contributed by atoms with Crippen LogP contribution in [0.3, 0.4) is 0 Å². The number of phenols is 1. The molecule has 0 bridgehead atoms. The molecule has 0 aliphatic carbocycles. The number of hydrogen-bond donors (Lipinski definition) is 2. The SMILES string of the molecule is COc1ccc(-c2cn[nH]c2-c2ccc(OCCN3C[C@@H](C)O[C@H](C)C3)cc2O)cc1. The van der Waals surface area contributed by atoms with Crippen LogP contribution in [0, 0.1) is 0 Å². The molecule has 2 heterocycles. The molecule has 7 heteroatoms. The molecule has 2 N–H and O–H groups in total. The smallest absolute Gasteiger partial charge is 0.128 e. The maximum absolute atomic E-state index is 10.7. The number of aromatic hydroxyl groups is 1. The van der Waals surface area contributed by atoms with Crippen molar-refractivity contribution >= 4 is 0 Å². The summed E-state index contributed by atoms with van der Waals surface area (Å²) in [4.78, 5) is 2.35. The number of morpholine rings is 1. The van der Waals surface area contributed by atoms with Gasteiger partial charge in [-0.25, -0.2) is 0 Å². The van der Waals surface area contributed by atoms with Gasteiger partial charge < -0.3 is 19.3 Å². The third-order valence-electron chi connectivity index (χ3n) is 5.45. The number of methoxy groups -OCH3 is 1. The lowest BCUT2D eigenvalue weighted by atomic mass is 10.0. The first-order valence-electron chi connectivity index (χ1n) is 10.5. The zero-order valence-corrected chi connectivity index (χ0v) is 18.2. The molecule has 2 atom stereocenters. The number of aromatic amines is 1. The molecule has 2 aromatic carbocycles. The molecule has 1 aromatic heterocycles. The van der Waals surface area contributed by atoms with E-state index in [1.54, 1.807) is 19.4 Å². The van der Waals surface area contributed by atoms with Crippen molar-refractivity contribution in [3.63, 3.8) is 0 Å². The summed E-state index contributed by atoms with van der Waals surface area (Å²) in [5, 5.41) is 17.8. The van der Waals surface area contributed by atoms with Gasteiger partial charge in [0.1, 0.15) is 23.9 Å². The molecule has 7 nitrogen and oxygen atoms in total. The van der Waals surface area contributed by atoms with Gasteiger partial charge in [0, 0.05) is 36.8 Å². The summed E-state index contributed by atoms with van der Waals surface area (Å²) in [5.41, 5.74) is 3.32. The molecule has 0 spiro atoms. The number of nitrogens with zero attached hydrogens (tertiary/aromatic N) is 2. The highest BCUT2D eigenvalue weighted by molar-refractivity contribution is 5.83. The predicted molar refractivity (Wildman–Crippen MR) is 120 cm³/mol. The lowest BCUT2D eigenvalue weighted by Gasteiger charge is -2.35. The van der Waals surface area contributed by atoms with Crippen molar-refractivity contribution in [2.75, 3.05) is 33.4 Å². The molecule has 3 aromatic rings. The number of aromatic nitrogens is 2. The van der Waals surface area contributed by atoms with Crippen LogP contribution in [0.2, 0.25) is 0 Å². The normalized spacial score (nSPS) is 19.3. The van der Waals surface area contributed by atoms with Crippen LogP contribution in [0.15, 0.2) is 48.7 Å². The van der Waals surface area contributed by atoms with Crippen LogP contribution in [0.1, 0.15) is 13.8 Å². The van der Waals surface area contributed by atoms with Crippen molar-refractivity contribution < 1.29 is 19.3 Å². The van der Waals surface area contributed by atoms with E-state index in [0.717, 1.165) is 42.2 Å². The lowest BCUT2D eigenvalue weighted by Crippen LogP contribution is -2.46. The highest BCUT2D eigenvalue weighted by Crippen LogP contribution is 2.37. The second kappa shape index (κ2) is 9.41. The maximum atomic E-state index is 10.7. The van der Waals surface area contributed by atoms with Crippen molar-refractivity contribution in [1.82, 2.24) is 15.1 Å². The highest BCUT2D eigenvalue weighted by Gasteiger charge is 2.21. The van der Waals surface area contributed by atoms with Gasteiger partial charge in [-0.3, -0.25) is 10.00 Å². The molecule has 1 saturated heterocycles. The van der Waals surface area contributed by atoms with E-state index in [0.29, 0.717) is 17.9 Å². The Morgan fingerprint density at radius 3 is 2.45 bits per heavy atom. The van der Waals surface area contributed by atoms with Gasteiger partial charge in [-0.15, -0.1) is 0 Å². The van der Waals surface area contributed by atoms with Crippen LogP contribution in [0.5, 0.6) is 17.2 Å². The zero-order chi connectivity index (χ0) is 21.8. The Bertz CT molecular complexity index is 992. The van der Waals surface area contributed by atoms with Gasteiger partial charge in [0.25, 0.3) is 0 Å². The minimum atomic E-state index is 0.144. The number of rotatable bonds is 7. The lowest BCUT2D eigenvalue weighted by molar-refractivity contribution is -0.0699. The fourth-order valence-corrected chi connectivity index (χ4v) is 4.05. The zero-order valence-electron chi connectivity index (χ0n) is 18.2. The van der Waals surface area contributed by atoms with Crippen molar-refractivity contribution in [3.05, 3.63) is 48.7 Å². The second-order valence-corrected chi connectivity index (χ2v) is 7.93. The highest BCUT2D eigenvalue weighted by atomic mass is 16.5. The first-order valence-corrected chi connectivity index (χ1v) is 10.5. The van der Waals surface area contributed by atoms with E-state index >= 15 is 0 Å². The second-order valence-electron chi connectivity index (χ2n) is 7.93. The van der Waals surface area contributed by atoms with Crippen molar-refractivity contribution in [3.8, 4) is 39.6 Å². The first-order chi connectivity index (χ1) is 15.0. The Hall–Kier alpha value is -3.03. The van der Waals surface area contributed by atoms with Gasteiger partial charge in [0.15, 0.2) is 0 Å². The van der Waals surface area contributed by atoms with Gasteiger partial charge in [0.05, 0.1) is 31.2 Å². The van der Waals surface area contributed by atoms with E-state index in [9.17, 15) is 5.11 Å². The van der Waals surface area contributed by atoms with Crippen LogP contribution >= 0.6 is 0 Å². The maximum Gasteiger partial charge on any atom is 0.128 e. The van der Waals surface area contributed by atoms with E-state index in [-0.39, 0.29) is 18.0 Å². The average Bonchev–Trinajstić information content (AvgIpc) is 3.23. The fourth-order valence-electron chi connectivity index (χ4n) is 4.05. The molecule has 0 unspecified atom stereocenters. The van der Waals surface area contributed by atoms with Crippen LogP contribution in [0.25, 0.3) is 22.4 Å². The van der Waals surface area contributed by atoms with Crippen LogP contribution in [-0.4, -0.2) is 65.8 Å². The van der Waals surface area contributed by atoms with E-state index < -0.39 is 0 Å². The standard InChI is InChI=1S/C24H29N3O4/c1-16-14-27(15-17(2)31-16)10-11-30-20-8-9-21(23(28)12-20)24-22(13-25-26-24)18-4-6-19(29-3)7-5-18/h4-9,12-13,16-17,28H,10-11,14-15H2,1-3H3,(H,25,26)/t16-,17-/m1/s1. The number of nitrogens with one attached hydrogen (secondary N) is 1. The first kappa shape index (κ1) is 21.2. The number of H-pyrrole nitrogens is 1. The number of benzene rings is 2. The number of hydrogen-bond acceptors (Lipinski definition) is 6. The molecular weight excluding hydrogens is 394 g/mol. The summed E-state index contributed by atoms with van der Waals surface area (Å²) in [5.74, 6) is 1.57.